The maximum Gasteiger partial charge on any atom is 0.0396 e. The van der Waals surface area contributed by atoms with Gasteiger partial charge in [-0.3, -0.25) is 0 Å². The van der Waals surface area contributed by atoms with Crippen LogP contribution in [0.1, 0.15) is 57.1 Å². The summed E-state index contributed by atoms with van der Waals surface area (Å²) in [6.07, 6.45) is 6.88. The van der Waals surface area contributed by atoms with E-state index >= 15 is 0 Å². The van der Waals surface area contributed by atoms with Gasteiger partial charge in [-0.25, -0.2) is 0 Å². The van der Waals surface area contributed by atoms with Crippen LogP contribution in [-0.2, 0) is 6.54 Å². The van der Waals surface area contributed by atoms with Crippen molar-refractivity contribution in [1.82, 2.24) is 5.32 Å². The zero-order chi connectivity index (χ0) is 15.2. The molecule has 118 valence electrons. The first-order valence-electron chi connectivity index (χ1n) is 8.68. The minimum Gasteiger partial charge on any atom is -0.371 e. The van der Waals surface area contributed by atoms with E-state index in [1.165, 1.54) is 48.9 Å². The SMILES string of the molecule is CCNCc1ccc(N(C)C2CCC(CC)CC2)c(C)c1. The van der Waals surface area contributed by atoms with Crippen molar-refractivity contribution >= 4 is 5.69 Å². The molecule has 0 aromatic heterocycles. The summed E-state index contributed by atoms with van der Waals surface area (Å²) in [4.78, 5) is 2.53. The van der Waals surface area contributed by atoms with Gasteiger partial charge in [-0.1, -0.05) is 32.4 Å². The Morgan fingerprint density at radius 1 is 1.14 bits per heavy atom. The number of nitrogens with zero attached hydrogens (tertiary/aromatic N) is 1. The van der Waals surface area contributed by atoms with E-state index in [9.17, 15) is 0 Å². The lowest BCUT2D eigenvalue weighted by atomic mass is 9.84. The minimum atomic E-state index is 0.728. The fourth-order valence-corrected chi connectivity index (χ4v) is 3.63. The van der Waals surface area contributed by atoms with Crippen LogP contribution >= 0.6 is 0 Å². The second-order valence-corrected chi connectivity index (χ2v) is 6.59. The Kier molecular flexibility index (Phi) is 6.10. The normalized spacial score (nSPS) is 22.3. The first kappa shape index (κ1) is 16.4. The Bertz CT molecular complexity index is 433. The summed E-state index contributed by atoms with van der Waals surface area (Å²) < 4.78 is 0. The maximum atomic E-state index is 3.40. The lowest BCUT2D eigenvalue weighted by Crippen LogP contribution is -2.35. The second-order valence-electron chi connectivity index (χ2n) is 6.59. The molecular formula is C19H32N2. The monoisotopic (exact) mass is 288 g/mol. The van der Waals surface area contributed by atoms with Crippen LogP contribution in [0.3, 0.4) is 0 Å². The minimum absolute atomic E-state index is 0.728. The van der Waals surface area contributed by atoms with Gasteiger partial charge in [0, 0.05) is 25.3 Å². The Morgan fingerprint density at radius 3 is 2.43 bits per heavy atom. The summed E-state index contributed by atoms with van der Waals surface area (Å²) in [5.74, 6) is 0.971. The molecule has 2 rings (SSSR count). The lowest BCUT2D eigenvalue weighted by molar-refractivity contribution is 0.313. The lowest BCUT2D eigenvalue weighted by Gasteiger charge is -2.36. The van der Waals surface area contributed by atoms with Gasteiger partial charge in [-0.05, 0) is 62.3 Å². The van der Waals surface area contributed by atoms with Gasteiger partial charge in [0.2, 0.25) is 0 Å². The van der Waals surface area contributed by atoms with Crippen LogP contribution in [0.5, 0.6) is 0 Å². The van der Waals surface area contributed by atoms with Crippen molar-refractivity contribution in [1.29, 1.82) is 0 Å². The number of aryl methyl sites for hydroxylation is 1. The van der Waals surface area contributed by atoms with E-state index in [1.807, 2.05) is 0 Å². The topological polar surface area (TPSA) is 15.3 Å². The molecule has 1 aliphatic rings. The van der Waals surface area contributed by atoms with Gasteiger partial charge in [0.1, 0.15) is 0 Å². The zero-order valence-corrected chi connectivity index (χ0v) is 14.3. The van der Waals surface area contributed by atoms with Crippen LogP contribution in [0, 0.1) is 12.8 Å². The number of benzene rings is 1. The summed E-state index contributed by atoms with van der Waals surface area (Å²) in [5.41, 5.74) is 4.21. The molecular weight excluding hydrogens is 256 g/mol. The summed E-state index contributed by atoms with van der Waals surface area (Å²) in [5, 5.41) is 3.40. The average molecular weight is 288 g/mol. The highest BCUT2D eigenvalue weighted by molar-refractivity contribution is 5.54. The van der Waals surface area contributed by atoms with E-state index in [2.05, 4.69) is 56.2 Å². The van der Waals surface area contributed by atoms with Gasteiger partial charge >= 0.3 is 0 Å². The molecule has 1 aromatic carbocycles. The Morgan fingerprint density at radius 2 is 1.86 bits per heavy atom. The molecule has 0 saturated heterocycles. The van der Waals surface area contributed by atoms with E-state index < -0.39 is 0 Å². The molecule has 1 saturated carbocycles. The molecule has 21 heavy (non-hydrogen) atoms. The average Bonchev–Trinajstić information content (AvgIpc) is 2.52. The van der Waals surface area contributed by atoms with Crippen molar-refractivity contribution in [2.75, 3.05) is 18.5 Å². The number of nitrogens with one attached hydrogen (secondary N) is 1. The van der Waals surface area contributed by atoms with Gasteiger partial charge in [0.15, 0.2) is 0 Å². The second kappa shape index (κ2) is 7.84. The molecule has 2 heteroatoms. The standard InChI is InChI=1S/C19H32N2/c1-5-16-7-10-18(11-8-16)21(4)19-12-9-17(13-15(19)3)14-20-6-2/h9,12-13,16,18,20H,5-8,10-11,14H2,1-4H3. The van der Waals surface area contributed by atoms with Crippen LogP contribution in [0.2, 0.25) is 0 Å². The molecule has 2 nitrogen and oxygen atoms in total. The highest BCUT2D eigenvalue weighted by Crippen LogP contribution is 2.32. The van der Waals surface area contributed by atoms with E-state index in [1.54, 1.807) is 0 Å². The maximum absolute atomic E-state index is 3.40. The third-order valence-corrected chi connectivity index (χ3v) is 5.16. The number of rotatable bonds is 6. The molecule has 0 atom stereocenters. The van der Waals surface area contributed by atoms with Crippen LogP contribution < -0.4 is 10.2 Å². The van der Waals surface area contributed by atoms with Crippen LogP contribution in [-0.4, -0.2) is 19.6 Å². The van der Waals surface area contributed by atoms with E-state index in [-0.39, 0.29) is 0 Å². The summed E-state index contributed by atoms with van der Waals surface area (Å²) in [6, 6.07) is 7.66. The number of hydrogen-bond donors (Lipinski definition) is 1. The van der Waals surface area contributed by atoms with Crippen molar-refractivity contribution < 1.29 is 0 Å². The third kappa shape index (κ3) is 4.23. The fraction of sp³-hybridized carbons (Fsp3) is 0.684. The molecule has 1 fully saturated rings. The molecule has 0 spiro atoms. The Balaban J connectivity index is 2.00. The molecule has 0 aliphatic heterocycles. The number of anilines is 1. The van der Waals surface area contributed by atoms with Gasteiger partial charge < -0.3 is 10.2 Å². The Labute approximate surface area is 130 Å². The fourth-order valence-electron chi connectivity index (χ4n) is 3.63. The van der Waals surface area contributed by atoms with E-state index in [0.29, 0.717) is 0 Å². The first-order chi connectivity index (χ1) is 10.2. The molecule has 0 radical (unpaired) electrons. The van der Waals surface area contributed by atoms with Crippen molar-refractivity contribution in [3.8, 4) is 0 Å². The Hall–Kier alpha value is -1.02. The quantitative estimate of drug-likeness (QED) is 0.828. The van der Waals surface area contributed by atoms with E-state index in [4.69, 9.17) is 0 Å². The van der Waals surface area contributed by atoms with E-state index in [0.717, 1.165) is 25.0 Å². The molecule has 1 N–H and O–H groups in total. The molecule has 0 amide bonds. The largest absolute Gasteiger partial charge is 0.371 e. The predicted octanol–water partition coefficient (Wildman–Crippen LogP) is 4.51. The first-order valence-corrected chi connectivity index (χ1v) is 8.68. The zero-order valence-electron chi connectivity index (χ0n) is 14.3. The van der Waals surface area contributed by atoms with Crippen molar-refractivity contribution in [2.45, 2.75) is 65.5 Å². The van der Waals surface area contributed by atoms with Gasteiger partial charge in [0.05, 0.1) is 0 Å². The summed E-state index contributed by atoms with van der Waals surface area (Å²) in [6.45, 7) is 8.74. The predicted molar refractivity (Wildman–Crippen MR) is 93.0 cm³/mol. The summed E-state index contributed by atoms with van der Waals surface area (Å²) in [7, 11) is 2.28. The van der Waals surface area contributed by atoms with Crippen LogP contribution in [0.15, 0.2) is 18.2 Å². The summed E-state index contributed by atoms with van der Waals surface area (Å²) >= 11 is 0. The van der Waals surface area contributed by atoms with Gasteiger partial charge in [-0.2, -0.15) is 0 Å². The molecule has 1 aromatic rings. The number of hydrogen-bond acceptors (Lipinski definition) is 2. The highest BCUT2D eigenvalue weighted by Gasteiger charge is 2.23. The van der Waals surface area contributed by atoms with Gasteiger partial charge in [-0.15, -0.1) is 0 Å². The molecule has 1 aliphatic carbocycles. The highest BCUT2D eigenvalue weighted by atomic mass is 15.1. The van der Waals surface area contributed by atoms with Crippen molar-refractivity contribution in [3.05, 3.63) is 29.3 Å². The van der Waals surface area contributed by atoms with Crippen LogP contribution in [0.25, 0.3) is 0 Å². The third-order valence-electron chi connectivity index (χ3n) is 5.16. The molecule has 0 unspecified atom stereocenters. The molecule has 0 bridgehead atoms. The molecule has 0 heterocycles. The van der Waals surface area contributed by atoms with Crippen LogP contribution in [0.4, 0.5) is 5.69 Å². The van der Waals surface area contributed by atoms with Gasteiger partial charge in [0.25, 0.3) is 0 Å². The van der Waals surface area contributed by atoms with Crippen molar-refractivity contribution in [3.63, 3.8) is 0 Å². The smallest absolute Gasteiger partial charge is 0.0396 e. The van der Waals surface area contributed by atoms with Crippen molar-refractivity contribution in [2.24, 2.45) is 5.92 Å².